The molecule has 0 radical (unpaired) electrons. The van der Waals surface area contributed by atoms with Gasteiger partial charge in [0.05, 0.1) is 11.0 Å². The van der Waals surface area contributed by atoms with Gasteiger partial charge in [-0.25, -0.2) is 0 Å². The fourth-order valence-electron chi connectivity index (χ4n) is 2.62. The lowest BCUT2D eigenvalue weighted by atomic mass is 10.1. The largest absolute Gasteiger partial charge is 0.459 e. The molecule has 1 aromatic heterocycles. The van der Waals surface area contributed by atoms with E-state index in [1.54, 1.807) is 30.2 Å². The van der Waals surface area contributed by atoms with Crippen LogP contribution in [0.1, 0.15) is 24.3 Å². The smallest absolute Gasteiger partial charge is 0.270 e. The number of hydrogen-bond acceptors (Lipinski definition) is 4. The summed E-state index contributed by atoms with van der Waals surface area (Å²) in [5.74, 6) is 0.482. The van der Waals surface area contributed by atoms with Crippen LogP contribution in [0.15, 0.2) is 65.1 Å². The van der Waals surface area contributed by atoms with Crippen molar-refractivity contribution < 1.29 is 14.1 Å². The van der Waals surface area contributed by atoms with Crippen LogP contribution in [0.4, 0.5) is 5.69 Å². The van der Waals surface area contributed by atoms with Crippen LogP contribution in [-0.2, 0) is 4.79 Å². The zero-order valence-corrected chi connectivity index (χ0v) is 14.5. The number of carbonyl (C=O) groups is 1. The highest BCUT2D eigenvalue weighted by Crippen LogP contribution is 2.26. The number of amides is 1. The lowest BCUT2D eigenvalue weighted by molar-refractivity contribution is -0.384. The summed E-state index contributed by atoms with van der Waals surface area (Å²) in [7, 11) is 1.69. The minimum Gasteiger partial charge on any atom is -0.459 e. The van der Waals surface area contributed by atoms with Crippen LogP contribution in [0, 0.1) is 10.1 Å². The number of para-hydroxylation sites is 1. The van der Waals surface area contributed by atoms with Crippen molar-refractivity contribution in [3.63, 3.8) is 0 Å². The summed E-state index contributed by atoms with van der Waals surface area (Å²) in [6, 6.07) is 15.5. The normalized spacial score (nSPS) is 12.4. The molecule has 0 saturated carbocycles. The summed E-state index contributed by atoms with van der Waals surface area (Å²) in [4.78, 5) is 24.3. The van der Waals surface area contributed by atoms with Gasteiger partial charge in [-0.05, 0) is 30.7 Å². The van der Waals surface area contributed by atoms with Crippen molar-refractivity contribution in [3.8, 4) is 0 Å². The number of likely N-dealkylation sites (N-methyl/N-ethyl adjacent to an activating group) is 1. The Morgan fingerprint density at radius 1 is 1.19 bits per heavy atom. The van der Waals surface area contributed by atoms with Crippen LogP contribution < -0.4 is 0 Å². The van der Waals surface area contributed by atoms with Crippen LogP contribution in [0.25, 0.3) is 17.0 Å². The molecule has 0 aliphatic carbocycles. The molecule has 6 heteroatoms. The molecular weight excluding hydrogens is 332 g/mol. The average molecular weight is 350 g/mol. The Morgan fingerprint density at radius 3 is 2.69 bits per heavy atom. The molecule has 0 spiro atoms. The van der Waals surface area contributed by atoms with Crippen molar-refractivity contribution in [2.75, 3.05) is 7.05 Å². The number of rotatable bonds is 5. The maximum absolute atomic E-state index is 12.4. The second-order valence-corrected chi connectivity index (χ2v) is 6.00. The van der Waals surface area contributed by atoms with Gasteiger partial charge in [-0.15, -0.1) is 0 Å². The molecule has 1 amide bonds. The third-order valence-corrected chi connectivity index (χ3v) is 4.28. The predicted molar refractivity (Wildman–Crippen MR) is 99.5 cm³/mol. The maximum Gasteiger partial charge on any atom is 0.270 e. The summed E-state index contributed by atoms with van der Waals surface area (Å²) in [6.45, 7) is 1.89. The molecule has 3 aromatic rings. The number of benzene rings is 2. The van der Waals surface area contributed by atoms with Gasteiger partial charge in [0.25, 0.3) is 5.69 Å². The highest BCUT2D eigenvalue weighted by molar-refractivity contribution is 5.92. The standard InChI is InChI=1S/C20H18N2O4/c1-14(19-13-16-7-3-4-9-18(16)26-19)21(2)20(23)11-10-15-6-5-8-17(12-15)22(24)25/h3-14H,1-2H3. The number of carbonyl (C=O) groups excluding carboxylic acids is 1. The third-order valence-electron chi connectivity index (χ3n) is 4.28. The lowest BCUT2D eigenvalue weighted by Gasteiger charge is -2.21. The van der Waals surface area contributed by atoms with Crippen molar-refractivity contribution in [3.05, 3.63) is 82.1 Å². The number of furan rings is 1. The molecule has 2 aromatic carbocycles. The maximum atomic E-state index is 12.4. The summed E-state index contributed by atoms with van der Waals surface area (Å²) in [6.07, 6.45) is 2.97. The van der Waals surface area contributed by atoms with Crippen LogP contribution in [-0.4, -0.2) is 22.8 Å². The van der Waals surface area contributed by atoms with E-state index in [-0.39, 0.29) is 17.6 Å². The highest BCUT2D eigenvalue weighted by atomic mass is 16.6. The molecule has 0 aliphatic rings. The zero-order chi connectivity index (χ0) is 18.7. The van der Waals surface area contributed by atoms with Gasteiger partial charge in [0.15, 0.2) is 0 Å². The van der Waals surface area contributed by atoms with Crippen molar-refractivity contribution in [2.45, 2.75) is 13.0 Å². The van der Waals surface area contributed by atoms with Gasteiger partial charge in [-0.2, -0.15) is 0 Å². The molecule has 0 saturated heterocycles. The molecule has 3 rings (SSSR count). The summed E-state index contributed by atoms with van der Waals surface area (Å²) in [5, 5.41) is 11.8. The number of nitro groups is 1. The van der Waals surface area contributed by atoms with E-state index in [4.69, 9.17) is 4.42 Å². The van der Waals surface area contributed by atoms with E-state index in [9.17, 15) is 14.9 Å². The van der Waals surface area contributed by atoms with E-state index in [1.165, 1.54) is 18.2 Å². The number of nitro benzene ring substituents is 1. The Hall–Kier alpha value is -3.41. The molecule has 0 aliphatic heterocycles. The molecule has 0 N–H and O–H groups in total. The molecule has 26 heavy (non-hydrogen) atoms. The molecule has 1 unspecified atom stereocenters. The van der Waals surface area contributed by atoms with Gasteiger partial charge in [-0.1, -0.05) is 30.3 Å². The molecular formula is C20H18N2O4. The van der Waals surface area contributed by atoms with E-state index in [1.807, 2.05) is 37.3 Å². The third kappa shape index (κ3) is 3.64. The van der Waals surface area contributed by atoms with E-state index in [0.29, 0.717) is 11.3 Å². The van der Waals surface area contributed by atoms with E-state index >= 15 is 0 Å². The minimum absolute atomic E-state index is 0.0106. The average Bonchev–Trinajstić information content (AvgIpc) is 3.09. The second-order valence-electron chi connectivity index (χ2n) is 6.00. The Labute approximate surface area is 150 Å². The van der Waals surface area contributed by atoms with Gasteiger partial charge in [0.2, 0.25) is 5.91 Å². The van der Waals surface area contributed by atoms with Gasteiger partial charge in [0, 0.05) is 30.6 Å². The number of hydrogen-bond donors (Lipinski definition) is 0. The quantitative estimate of drug-likeness (QED) is 0.383. The molecule has 0 bridgehead atoms. The first kappa shape index (κ1) is 17.4. The first-order valence-corrected chi connectivity index (χ1v) is 8.13. The second kappa shape index (κ2) is 7.23. The van der Waals surface area contributed by atoms with Crippen LogP contribution in [0.5, 0.6) is 0 Å². The van der Waals surface area contributed by atoms with Gasteiger partial charge in [0.1, 0.15) is 11.3 Å². The SMILES string of the molecule is CC(c1cc2ccccc2o1)N(C)C(=O)C=Cc1cccc([N+](=O)[O-])c1. The lowest BCUT2D eigenvalue weighted by Crippen LogP contribution is -2.27. The van der Waals surface area contributed by atoms with Crippen molar-refractivity contribution in [1.82, 2.24) is 4.90 Å². The summed E-state index contributed by atoms with van der Waals surface area (Å²) < 4.78 is 5.81. The van der Waals surface area contributed by atoms with Crippen LogP contribution in [0.3, 0.4) is 0 Å². The Bertz CT molecular complexity index is 957. The fourth-order valence-corrected chi connectivity index (χ4v) is 2.62. The van der Waals surface area contributed by atoms with Crippen molar-refractivity contribution in [2.24, 2.45) is 0 Å². The van der Waals surface area contributed by atoms with Crippen molar-refractivity contribution in [1.29, 1.82) is 0 Å². The Balaban J connectivity index is 1.74. The first-order chi connectivity index (χ1) is 12.5. The number of nitrogens with zero attached hydrogens (tertiary/aromatic N) is 2. The summed E-state index contributed by atoms with van der Waals surface area (Å²) in [5.41, 5.74) is 1.36. The van der Waals surface area contributed by atoms with E-state index in [0.717, 1.165) is 11.0 Å². The fraction of sp³-hybridized carbons (Fsp3) is 0.150. The van der Waals surface area contributed by atoms with Crippen molar-refractivity contribution >= 4 is 28.6 Å². The highest BCUT2D eigenvalue weighted by Gasteiger charge is 2.19. The topological polar surface area (TPSA) is 76.6 Å². The number of non-ortho nitro benzene ring substituents is 1. The van der Waals surface area contributed by atoms with Crippen LogP contribution >= 0.6 is 0 Å². The Morgan fingerprint density at radius 2 is 1.96 bits per heavy atom. The molecule has 132 valence electrons. The van der Waals surface area contributed by atoms with E-state index < -0.39 is 4.92 Å². The van der Waals surface area contributed by atoms with Crippen LogP contribution in [0.2, 0.25) is 0 Å². The predicted octanol–water partition coefficient (Wildman–Crippen LogP) is 4.57. The molecule has 1 atom stereocenters. The van der Waals surface area contributed by atoms with Gasteiger partial charge < -0.3 is 9.32 Å². The molecule has 0 fully saturated rings. The molecule has 6 nitrogen and oxygen atoms in total. The minimum atomic E-state index is -0.463. The molecule has 1 heterocycles. The first-order valence-electron chi connectivity index (χ1n) is 8.13. The summed E-state index contributed by atoms with van der Waals surface area (Å²) >= 11 is 0. The zero-order valence-electron chi connectivity index (χ0n) is 14.5. The monoisotopic (exact) mass is 350 g/mol. The van der Waals surface area contributed by atoms with Gasteiger partial charge >= 0.3 is 0 Å². The van der Waals surface area contributed by atoms with Gasteiger partial charge in [-0.3, -0.25) is 14.9 Å². The Kier molecular flexibility index (Phi) is 4.84. The van der Waals surface area contributed by atoms with E-state index in [2.05, 4.69) is 0 Å². The number of fused-ring (bicyclic) bond motifs is 1.